The molecule has 1 aliphatic rings. The van der Waals surface area contributed by atoms with Crippen LogP contribution >= 0.6 is 15.9 Å². The summed E-state index contributed by atoms with van der Waals surface area (Å²) >= 11 is 3.68. The number of rotatable bonds is 2. The number of anilines is 1. The largest absolute Gasteiger partial charge is 0.369 e. The van der Waals surface area contributed by atoms with Crippen LogP contribution in [0.4, 0.5) is 5.69 Å². The molecule has 88 valence electrons. The topological polar surface area (TPSA) is 15.3 Å². The summed E-state index contributed by atoms with van der Waals surface area (Å²) in [5.41, 5.74) is 2.77. The van der Waals surface area contributed by atoms with E-state index in [0.717, 1.165) is 26.2 Å². The average Bonchev–Trinajstić information content (AvgIpc) is 2.41. The van der Waals surface area contributed by atoms with Crippen LogP contribution < -0.4 is 10.2 Å². The first-order chi connectivity index (χ1) is 7.68. The van der Waals surface area contributed by atoms with Gasteiger partial charge in [-0.2, -0.15) is 0 Å². The van der Waals surface area contributed by atoms with Gasteiger partial charge in [-0.3, -0.25) is 0 Å². The molecular formula is C13H19BrN2. The minimum Gasteiger partial charge on any atom is -0.369 e. The first kappa shape index (κ1) is 11.9. The normalized spacial score (nSPS) is 16.1. The number of para-hydroxylation sites is 1. The highest BCUT2D eigenvalue weighted by atomic mass is 79.9. The Morgan fingerprint density at radius 2 is 2.25 bits per heavy atom. The molecule has 0 aliphatic carbocycles. The zero-order valence-corrected chi connectivity index (χ0v) is 11.5. The van der Waals surface area contributed by atoms with Crippen LogP contribution in [0, 0.1) is 5.92 Å². The van der Waals surface area contributed by atoms with Crippen LogP contribution in [0.2, 0.25) is 0 Å². The maximum absolute atomic E-state index is 3.68. The van der Waals surface area contributed by atoms with Crippen molar-refractivity contribution in [2.75, 3.05) is 24.5 Å². The van der Waals surface area contributed by atoms with Crippen molar-refractivity contribution in [1.82, 2.24) is 5.32 Å². The van der Waals surface area contributed by atoms with E-state index in [9.17, 15) is 0 Å². The Labute approximate surface area is 106 Å². The third kappa shape index (κ3) is 2.58. The lowest BCUT2D eigenvalue weighted by Gasteiger charge is -2.27. The van der Waals surface area contributed by atoms with Crippen molar-refractivity contribution in [3.63, 3.8) is 0 Å². The van der Waals surface area contributed by atoms with E-state index in [4.69, 9.17) is 0 Å². The van der Waals surface area contributed by atoms with E-state index in [1.807, 2.05) is 0 Å². The van der Waals surface area contributed by atoms with E-state index < -0.39 is 0 Å². The Balaban J connectivity index is 2.35. The van der Waals surface area contributed by atoms with Gasteiger partial charge in [0.1, 0.15) is 0 Å². The van der Waals surface area contributed by atoms with Crippen LogP contribution in [0.15, 0.2) is 22.7 Å². The molecule has 16 heavy (non-hydrogen) atoms. The van der Waals surface area contributed by atoms with Crippen molar-refractivity contribution in [3.05, 3.63) is 28.2 Å². The molecule has 1 aliphatic heterocycles. The number of nitrogens with zero attached hydrogens (tertiary/aromatic N) is 1. The van der Waals surface area contributed by atoms with E-state index >= 15 is 0 Å². The van der Waals surface area contributed by atoms with Crippen molar-refractivity contribution in [2.24, 2.45) is 5.92 Å². The molecule has 3 heteroatoms. The maximum Gasteiger partial charge on any atom is 0.0556 e. The molecule has 2 rings (SSSR count). The molecule has 0 radical (unpaired) electrons. The number of fused-ring (bicyclic) bond motifs is 1. The van der Waals surface area contributed by atoms with E-state index in [2.05, 4.69) is 58.2 Å². The van der Waals surface area contributed by atoms with Gasteiger partial charge in [-0.25, -0.2) is 0 Å². The molecule has 0 amide bonds. The monoisotopic (exact) mass is 282 g/mol. The third-order valence-electron chi connectivity index (χ3n) is 2.85. The molecule has 0 spiro atoms. The maximum atomic E-state index is 3.68. The SMILES string of the molecule is CC(C)CN1CCNCc2cccc(Br)c21. The summed E-state index contributed by atoms with van der Waals surface area (Å²) < 4.78 is 1.22. The standard InChI is InChI=1S/C13H19BrN2/c1-10(2)9-16-7-6-15-8-11-4-3-5-12(14)13(11)16/h3-5,10,15H,6-9H2,1-2H3. The first-order valence-electron chi connectivity index (χ1n) is 5.91. The third-order valence-corrected chi connectivity index (χ3v) is 3.49. The van der Waals surface area contributed by atoms with E-state index in [0.29, 0.717) is 5.92 Å². The summed E-state index contributed by atoms with van der Waals surface area (Å²) in [6.45, 7) is 8.80. The molecule has 1 N–H and O–H groups in total. The Morgan fingerprint density at radius 1 is 1.44 bits per heavy atom. The summed E-state index contributed by atoms with van der Waals surface area (Å²) in [6, 6.07) is 6.46. The lowest BCUT2D eigenvalue weighted by atomic mass is 10.1. The van der Waals surface area contributed by atoms with Crippen LogP contribution in [-0.4, -0.2) is 19.6 Å². The lowest BCUT2D eigenvalue weighted by molar-refractivity contribution is 0.601. The highest BCUT2D eigenvalue weighted by molar-refractivity contribution is 9.10. The second-order valence-corrected chi connectivity index (χ2v) is 5.62. The average molecular weight is 283 g/mol. The second kappa shape index (κ2) is 5.19. The zero-order chi connectivity index (χ0) is 11.5. The smallest absolute Gasteiger partial charge is 0.0556 e. The first-order valence-corrected chi connectivity index (χ1v) is 6.71. The van der Waals surface area contributed by atoms with Gasteiger partial charge in [0.25, 0.3) is 0 Å². The Bertz CT molecular complexity index is 363. The summed E-state index contributed by atoms with van der Waals surface area (Å²) in [4.78, 5) is 2.49. The Morgan fingerprint density at radius 3 is 3.00 bits per heavy atom. The van der Waals surface area contributed by atoms with Crippen LogP contribution in [0.25, 0.3) is 0 Å². The van der Waals surface area contributed by atoms with Crippen LogP contribution in [0.1, 0.15) is 19.4 Å². The fourth-order valence-electron chi connectivity index (χ4n) is 2.23. The number of hydrogen-bond acceptors (Lipinski definition) is 2. The highest BCUT2D eigenvalue weighted by Crippen LogP contribution is 2.31. The van der Waals surface area contributed by atoms with Gasteiger partial charge in [0.15, 0.2) is 0 Å². The van der Waals surface area contributed by atoms with Gasteiger partial charge in [0.2, 0.25) is 0 Å². The minimum absolute atomic E-state index is 0.693. The van der Waals surface area contributed by atoms with Crippen molar-refractivity contribution < 1.29 is 0 Å². The molecular weight excluding hydrogens is 264 g/mol. The van der Waals surface area contributed by atoms with Crippen molar-refractivity contribution in [2.45, 2.75) is 20.4 Å². The molecule has 1 heterocycles. The Kier molecular flexibility index (Phi) is 3.87. The molecule has 0 unspecified atom stereocenters. The van der Waals surface area contributed by atoms with Gasteiger partial charge in [-0.05, 0) is 33.5 Å². The molecule has 0 saturated carbocycles. The van der Waals surface area contributed by atoms with Crippen molar-refractivity contribution >= 4 is 21.6 Å². The highest BCUT2D eigenvalue weighted by Gasteiger charge is 2.17. The quantitative estimate of drug-likeness (QED) is 0.897. The molecule has 0 bridgehead atoms. The van der Waals surface area contributed by atoms with Gasteiger partial charge in [0.05, 0.1) is 5.69 Å². The van der Waals surface area contributed by atoms with E-state index in [1.54, 1.807) is 0 Å². The molecule has 0 saturated heterocycles. The minimum atomic E-state index is 0.693. The fourth-order valence-corrected chi connectivity index (χ4v) is 2.89. The molecule has 0 atom stereocenters. The molecule has 0 aromatic heterocycles. The lowest BCUT2D eigenvalue weighted by Crippen LogP contribution is -2.32. The Hall–Kier alpha value is -0.540. The van der Waals surface area contributed by atoms with Gasteiger partial charge in [-0.1, -0.05) is 26.0 Å². The van der Waals surface area contributed by atoms with Crippen molar-refractivity contribution in [3.8, 4) is 0 Å². The summed E-state index contributed by atoms with van der Waals surface area (Å²) in [5, 5.41) is 3.47. The molecule has 0 fully saturated rings. The van der Waals surface area contributed by atoms with Gasteiger partial charge in [0, 0.05) is 30.7 Å². The van der Waals surface area contributed by atoms with Crippen LogP contribution in [0.3, 0.4) is 0 Å². The van der Waals surface area contributed by atoms with E-state index in [1.165, 1.54) is 15.7 Å². The molecule has 1 aromatic carbocycles. The van der Waals surface area contributed by atoms with Crippen LogP contribution in [-0.2, 0) is 6.54 Å². The predicted molar refractivity (Wildman–Crippen MR) is 72.9 cm³/mol. The van der Waals surface area contributed by atoms with Gasteiger partial charge >= 0.3 is 0 Å². The number of halogens is 1. The number of hydrogen-bond donors (Lipinski definition) is 1. The number of benzene rings is 1. The van der Waals surface area contributed by atoms with Gasteiger partial charge in [-0.15, -0.1) is 0 Å². The summed E-state index contributed by atoms with van der Waals surface area (Å²) in [7, 11) is 0. The van der Waals surface area contributed by atoms with E-state index in [-0.39, 0.29) is 0 Å². The predicted octanol–water partition coefficient (Wildman–Crippen LogP) is 3.01. The zero-order valence-electron chi connectivity index (χ0n) is 9.96. The molecule has 2 nitrogen and oxygen atoms in total. The van der Waals surface area contributed by atoms with Gasteiger partial charge < -0.3 is 10.2 Å². The van der Waals surface area contributed by atoms with Crippen molar-refractivity contribution in [1.29, 1.82) is 0 Å². The second-order valence-electron chi connectivity index (χ2n) is 4.76. The summed E-state index contributed by atoms with van der Waals surface area (Å²) in [5.74, 6) is 0.693. The summed E-state index contributed by atoms with van der Waals surface area (Å²) in [6.07, 6.45) is 0. The fraction of sp³-hybridized carbons (Fsp3) is 0.538. The number of nitrogens with one attached hydrogen (secondary N) is 1. The molecule has 1 aromatic rings. The van der Waals surface area contributed by atoms with Crippen LogP contribution in [0.5, 0.6) is 0 Å².